The number of ketones is 1. The van der Waals surface area contributed by atoms with Crippen LogP contribution in [-0.4, -0.2) is 66.4 Å². The molecule has 6 aliphatic carbocycles. The Bertz CT molecular complexity index is 2090. The molecule has 63 heavy (non-hydrogen) atoms. The van der Waals surface area contributed by atoms with E-state index >= 15 is 0 Å². The lowest BCUT2D eigenvalue weighted by molar-refractivity contribution is -0.235. The summed E-state index contributed by atoms with van der Waals surface area (Å²) in [6.45, 7) is 23.3. The Morgan fingerprint density at radius 2 is 1.49 bits per heavy atom. The van der Waals surface area contributed by atoms with Crippen molar-refractivity contribution in [3.63, 3.8) is 0 Å². The molecule has 10 atom stereocenters. The highest BCUT2D eigenvalue weighted by atomic mass is 35.5. The normalized spacial score (nSPS) is 36.4. The van der Waals surface area contributed by atoms with Crippen LogP contribution in [-0.2, 0) is 27.3 Å². The van der Waals surface area contributed by atoms with Gasteiger partial charge in [0.1, 0.15) is 6.10 Å². The second-order valence-electron chi connectivity index (χ2n) is 23.8. The van der Waals surface area contributed by atoms with Gasteiger partial charge in [0.15, 0.2) is 5.78 Å². The number of carbonyl (C=O) groups is 3. The molecule has 1 N–H and O–H groups in total. The number of nitrogens with one attached hydrogen (secondary N) is 1. The summed E-state index contributed by atoms with van der Waals surface area (Å²) in [4.78, 5) is 47.2. The smallest absolute Gasteiger partial charge is 0.318 e. The molecule has 2 amide bonds. The summed E-state index contributed by atoms with van der Waals surface area (Å²) in [6, 6.07) is 18.4. The molecule has 0 aromatic heterocycles. The number of halogens is 1. The van der Waals surface area contributed by atoms with Gasteiger partial charge >= 0.3 is 12.0 Å². The van der Waals surface area contributed by atoms with Crippen LogP contribution in [0.5, 0.6) is 0 Å². The number of amides is 2. The molecule has 6 aliphatic rings. The van der Waals surface area contributed by atoms with Crippen molar-refractivity contribution in [3.05, 3.63) is 81.9 Å². The van der Waals surface area contributed by atoms with Crippen LogP contribution in [0.2, 0.25) is 5.02 Å². The minimum Gasteiger partial charge on any atom is -0.462 e. The maximum Gasteiger partial charge on any atom is 0.318 e. The first-order valence-electron chi connectivity index (χ1n) is 24.6. The van der Waals surface area contributed by atoms with Crippen molar-refractivity contribution < 1.29 is 19.1 Å². The van der Waals surface area contributed by atoms with Crippen molar-refractivity contribution in [2.24, 2.45) is 62.6 Å². The van der Waals surface area contributed by atoms with Gasteiger partial charge in [0.2, 0.25) is 0 Å². The van der Waals surface area contributed by atoms with Crippen LogP contribution in [0.25, 0.3) is 0 Å². The number of urea groups is 1. The van der Waals surface area contributed by atoms with Gasteiger partial charge in [-0.25, -0.2) is 4.79 Å². The number of benzene rings is 2. The minimum absolute atomic E-state index is 0.0172. The summed E-state index contributed by atoms with van der Waals surface area (Å²) in [5.74, 6) is 1.94. The zero-order valence-corrected chi connectivity index (χ0v) is 41.3. The largest absolute Gasteiger partial charge is 0.462 e. The first kappa shape index (κ1) is 46.4. The van der Waals surface area contributed by atoms with E-state index < -0.39 is 5.54 Å². The zero-order chi connectivity index (χ0) is 45.5. The lowest BCUT2D eigenvalue weighted by atomic mass is 9.33. The standard InChI is InChI=1S/C55H78ClN3O4/c1-35(2)46-42(60)33-55(57-49(62)59(30-29-58(10)11)34-37-17-19-39(56)20-18-37)28-27-53(8)40(47(46)55)21-22-44-52(7)25-24-45(51(5,6)43(52)23-26-54(44,53)9)63-48(61)41-32-38(50(41,3)4)31-36-15-13-12-14-16-36/h12-20,35,38,40-41,43-45H,21-34H2,1-11H3,(H,57,62)/t38-,40-,41-,43+,44-,45+,52+,53-,54-,55-/m1/s1. The van der Waals surface area contributed by atoms with Gasteiger partial charge < -0.3 is 19.9 Å². The molecule has 0 aliphatic heterocycles. The number of hydrogen-bond acceptors (Lipinski definition) is 5. The number of esters is 1. The maximum absolute atomic E-state index is 14.7. The third-order valence-corrected chi connectivity index (χ3v) is 19.7. The Hall–Kier alpha value is -3.16. The fraction of sp³-hybridized carbons (Fsp3) is 0.691. The molecule has 0 radical (unpaired) electrons. The molecule has 5 fully saturated rings. The van der Waals surface area contributed by atoms with Crippen LogP contribution in [0.3, 0.4) is 0 Å². The van der Waals surface area contributed by atoms with Gasteiger partial charge in [-0.2, -0.15) is 0 Å². The van der Waals surface area contributed by atoms with Crippen molar-refractivity contribution >= 4 is 29.4 Å². The van der Waals surface area contributed by atoms with Gasteiger partial charge in [0.25, 0.3) is 0 Å². The molecule has 5 saturated carbocycles. The summed E-state index contributed by atoms with van der Waals surface area (Å²) in [5.41, 5.74) is 3.88. The lowest BCUT2D eigenvalue weighted by Gasteiger charge is -2.72. The monoisotopic (exact) mass is 880 g/mol. The summed E-state index contributed by atoms with van der Waals surface area (Å²) >= 11 is 6.24. The number of nitrogens with zero attached hydrogens (tertiary/aromatic N) is 2. The van der Waals surface area contributed by atoms with E-state index in [4.69, 9.17) is 16.3 Å². The highest BCUT2D eigenvalue weighted by molar-refractivity contribution is 6.30. The van der Waals surface area contributed by atoms with Crippen molar-refractivity contribution in [3.8, 4) is 0 Å². The fourth-order valence-electron chi connectivity index (χ4n) is 15.5. The predicted octanol–water partition coefficient (Wildman–Crippen LogP) is 12.0. The van der Waals surface area contributed by atoms with E-state index in [0.717, 1.165) is 81.9 Å². The van der Waals surface area contributed by atoms with E-state index in [1.807, 2.05) is 43.3 Å². The Balaban J connectivity index is 1.02. The fourth-order valence-corrected chi connectivity index (χ4v) is 15.6. The molecule has 2 aromatic rings. The highest BCUT2D eigenvalue weighted by Gasteiger charge is 2.70. The van der Waals surface area contributed by atoms with Gasteiger partial charge in [-0.3, -0.25) is 9.59 Å². The molecule has 2 aromatic carbocycles. The molecule has 344 valence electrons. The van der Waals surface area contributed by atoms with E-state index in [2.05, 4.69) is 103 Å². The predicted molar refractivity (Wildman–Crippen MR) is 254 cm³/mol. The van der Waals surface area contributed by atoms with E-state index in [0.29, 0.717) is 42.3 Å². The van der Waals surface area contributed by atoms with Gasteiger partial charge in [0.05, 0.1) is 11.5 Å². The van der Waals surface area contributed by atoms with E-state index in [1.165, 1.54) is 11.1 Å². The SMILES string of the molecule is CC(C)C1=C2[C@H]3CC[C@@H]4[C@@]5(C)CC[C@H](OC(=O)[C@H]6C[C@@H](Cc7ccccc7)C6(C)C)C(C)(C)[C@@H]5CC[C@@]4(C)[C@]3(C)CC[C@@]2(NC(=O)N(CCN(C)C)Cc2ccc(Cl)cc2)CC1=O. The number of rotatable bonds is 11. The first-order chi connectivity index (χ1) is 29.6. The summed E-state index contributed by atoms with van der Waals surface area (Å²) in [5, 5.41) is 4.32. The molecular formula is C55H78ClN3O4. The molecule has 0 saturated heterocycles. The van der Waals surface area contributed by atoms with Gasteiger partial charge in [0, 0.05) is 36.5 Å². The molecule has 0 unspecified atom stereocenters. The zero-order valence-electron chi connectivity index (χ0n) is 40.5. The van der Waals surface area contributed by atoms with Crippen molar-refractivity contribution in [1.29, 1.82) is 0 Å². The number of carbonyl (C=O) groups excluding carboxylic acids is 3. The Labute approximate surface area is 384 Å². The lowest BCUT2D eigenvalue weighted by Crippen LogP contribution is -2.67. The number of Topliss-reactive ketones (excluding diaryl/α,β-unsaturated/α-hetero) is 1. The molecule has 8 rings (SSSR count). The number of hydrogen-bond donors (Lipinski definition) is 1. The van der Waals surface area contributed by atoms with E-state index in [9.17, 15) is 14.4 Å². The second-order valence-corrected chi connectivity index (χ2v) is 24.3. The van der Waals surface area contributed by atoms with Gasteiger partial charge in [-0.05, 0) is 164 Å². The van der Waals surface area contributed by atoms with Crippen LogP contribution in [0.4, 0.5) is 4.79 Å². The summed E-state index contributed by atoms with van der Waals surface area (Å²) in [6.07, 6.45) is 10.3. The Kier molecular flexibility index (Phi) is 12.2. The summed E-state index contributed by atoms with van der Waals surface area (Å²) in [7, 11) is 4.07. The van der Waals surface area contributed by atoms with Crippen LogP contribution in [0.1, 0.15) is 138 Å². The number of fused-ring (bicyclic) bond motifs is 7. The second kappa shape index (κ2) is 16.6. The van der Waals surface area contributed by atoms with Crippen LogP contribution < -0.4 is 5.32 Å². The van der Waals surface area contributed by atoms with Crippen LogP contribution in [0, 0.1) is 62.6 Å². The summed E-state index contributed by atoms with van der Waals surface area (Å²) < 4.78 is 6.70. The molecule has 7 nitrogen and oxygen atoms in total. The third kappa shape index (κ3) is 7.73. The Morgan fingerprint density at radius 1 is 0.794 bits per heavy atom. The average Bonchev–Trinajstić information content (AvgIpc) is 3.51. The third-order valence-electron chi connectivity index (χ3n) is 19.4. The number of ether oxygens (including phenoxy) is 1. The van der Waals surface area contributed by atoms with Crippen molar-refractivity contribution in [1.82, 2.24) is 15.1 Å². The van der Waals surface area contributed by atoms with Gasteiger partial charge in [-0.15, -0.1) is 0 Å². The quantitative estimate of drug-likeness (QED) is 0.228. The molecule has 0 heterocycles. The van der Waals surface area contributed by atoms with Crippen LogP contribution >= 0.6 is 11.6 Å². The topological polar surface area (TPSA) is 79.0 Å². The highest BCUT2D eigenvalue weighted by Crippen LogP contribution is 2.76. The molecule has 8 heteroatoms. The van der Waals surface area contributed by atoms with Crippen molar-refractivity contribution in [2.45, 2.75) is 151 Å². The van der Waals surface area contributed by atoms with E-state index in [1.54, 1.807) is 0 Å². The van der Waals surface area contributed by atoms with Gasteiger partial charge in [-0.1, -0.05) is 116 Å². The Morgan fingerprint density at radius 3 is 2.14 bits per heavy atom. The average molecular weight is 881 g/mol. The number of allylic oxidation sites excluding steroid dienone is 1. The van der Waals surface area contributed by atoms with Crippen LogP contribution in [0.15, 0.2) is 65.7 Å². The number of likely N-dealkylation sites (N-methyl/N-ethyl adjacent to an activating group) is 1. The van der Waals surface area contributed by atoms with Crippen molar-refractivity contribution in [2.75, 3.05) is 27.2 Å². The molecule has 0 spiro atoms. The maximum atomic E-state index is 14.7. The molecule has 0 bridgehead atoms. The minimum atomic E-state index is -0.668. The first-order valence-corrected chi connectivity index (χ1v) is 24.9. The molecular weight excluding hydrogens is 802 g/mol. The van der Waals surface area contributed by atoms with E-state index in [-0.39, 0.29) is 68.7 Å².